The number of rotatable bonds is 6. The number of hydrogen-bond acceptors (Lipinski definition) is 6. The summed E-state index contributed by atoms with van der Waals surface area (Å²) in [6, 6.07) is 0. The van der Waals surface area contributed by atoms with E-state index >= 15 is 0 Å². The van der Waals surface area contributed by atoms with E-state index in [1.807, 2.05) is 6.26 Å². The van der Waals surface area contributed by atoms with Crippen LogP contribution in [0.1, 0.15) is 5.56 Å². The molecule has 0 aliphatic carbocycles. The van der Waals surface area contributed by atoms with E-state index in [1.165, 1.54) is 11.8 Å². The van der Waals surface area contributed by atoms with Crippen molar-refractivity contribution >= 4 is 17.6 Å². The molecule has 0 unspecified atom stereocenters. The van der Waals surface area contributed by atoms with Gasteiger partial charge in [0.05, 0.1) is 13.2 Å². The van der Waals surface area contributed by atoms with Crippen molar-refractivity contribution in [2.24, 2.45) is 0 Å². The highest BCUT2D eigenvalue weighted by Crippen LogP contribution is 2.16. The highest BCUT2D eigenvalue weighted by Gasteiger charge is 2.05. The second kappa shape index (κ2) is 6.60. The number of ether oxygens (including phenoxy) is 1. The van der Waals surface area contributed by atoms with Crippen LogP contribution in [0, 0.1) is 0 Å². The summed E-state index contributed by atoms with van der Waals surface area (Å²) < 4.78 is 4.92. The molecule has 84 valence electrons. The van der Waals surface area contributed by atoms with E-state index in [0.717, 1.165) is 0 Å². The summed E-state index contributed by atoms with van der Waals surface area (Å²) in [4.78, 5) is 8.34. The number of nitrogens with one attached hydrogen (secondary N) is 1. The first-order valence-electron chi connectivity index (χ1n) is 4.55. The van der Waals surface area contributed by atoms with Crippen molar-refractivity contribution in [2.75, 3.05) is 31.8 Å². The number of nitrogens with zero attached hydrogens (tertiary/aromatic N) is 2. The van der Waals surface area contributed by atoms with Crippen molar-refractivity contribution < 1.29 is 9.84 Å². The van der Waals surface area contributed by atoms with Crippen LogP contribution in [0.4, 0.5) is 5.82 Å². The maximum absolute atomic E-state index is 9.08. The zero-order valence-corrected chi connectivity index (χ0v) is 9.67. The molecule has 1 aromatic heterocycles. The molecule has 0 aliphatic heterocycles. The first kappa shape index (κ1) is 12.2. The molecule has 0 amide bonds. The van der Waals surface area contributed by atoms with E-state index in [0.29, 0.717) is 29.7 Å². The topological polar surface area (TPSA) is 67.3 Å². The Morgan fingerprint density at radius 1 is 1.60 bits per heavy atom. The molecule has 0 atom stereocenters. The van der Waals surface area contributed by atoms with Gasteiger partial charge in [-0.15, -0.1) is 0 Å². The first-order chi connectivity index (χ1) is 7.31. The molecule has 0 saturated heterocycles. The minimum absolute atomic E-state index is 0.0655. The van der Waals surface area contributed by atoms with Gasteiger partial charge in [0.1, 0.15) is 5.82 Å². The molecule has 0 saturated carbocycles. The first-order valence-corrected chi connectivity index (χ1v) is 5.78. The molecule has 0 spiro atoms. The van der Waals surface area contributed by atoms with Gasteiger partial charge < -0.3 is 15.2 Å². The predicted molar refractivity (Wildman–Crippen MR) is 60.1 cm³/mol. The molecule has 1 aromatic rings. The minimum Gasteiger partial charge on any atom is -0.391 e. The van der Waals surface area contributed by atoms with Gasteiger partial charge in [-0.3, -0.25) is 0 Å². The summed E-state index contributed by atoms with van der Waals surface area (Å²) in [6.45, 7) is 1.20. The smallest absolute Gasteiger partial charge is 0.189 e. The van der Waals surface area contributed by atoms with E-state index in [2.05, 4.69) is 15.3 Å². The second-order valence-electron chi connectivity index (χ2n) is 2.81. The van der Waals surface area contributed by atoms with Crippen LogP contribution >= 0.6 is 11.8 Å². The van der Waals surface area contributed by atoms with Crippen LogP contribution in [0.25, 0.3) is 0 Å². The molecule has 1 rings (SSSR count). The Morgan fingerprint density at radius 2 is 2.40 bits per heavy atom. The highest BCUT2D eigenvalue weighted by molar-refractivity contribution is 7.98. The van der Waals surface area contributed by atoms with E-state index in [4.69, 9.17) is 9.84 Å². The Kier molecular flexibility index (Phi) is 5.38. The SMILES string of the molecule is COCCNc1nc(SC)ncc1CO. The quantitative estimate of drug-likeness (QED) is 0.426. The van der Waals surface area contributed by atoms with Crippen molar-refractivity contribution in [3.8, 4) is 0 Å². The van der Waals surface area contributed by atoms with Crippen LogP contribution in [0.3, 0.4) is 0 Å². The third-order valence-corrected chi connectivity index (χ3v) is 2.36. The summed E-state index contributed by atoms with van der Waals surface area (Å²) >= 11 is 1.47. The Hall–Kier alpha value is -0.850. The lowest BCUT2D eigenvalue weighted by Crippen LogP contribution is -2.11. The number of anilines is 1. The van der Waals surface area contributed by atoms with Gasteiger partial charge in [-0.1, -0.05) is 11.8 Å². The van der Waals surface area contributed by atoms with Gasteiger partial charge in [-0.05, 0) is 6.26 Å². The monoisotopic (exact) mass is 229 g/mol. The second-order valence-corrected chi connectivity index (χ2v) is 3.58. The van der Waals surface area contributed by atoms with Crippen molar-refractivity contribution in [3.05, 3.63) is 11.8 Å². The number of aliphatic hydroxyl groups excluding tert-OH is 1. The van der Waals surface area contributed by atoms with Gasteiger partial charge in [0.15, 0.2) is 5.16 Å². The zero-order valence-electron chi connectivity index (χ0n) is 8.86. The Labute approximate surface area is 93.3 Å². The largest absolute Gasteiger partial charge is 0.391 e. The molecule has 0 aromatic carbocycles. The van der Waals surface area contributed by atoms with E-state index in [-0.39, 0.29) is 6.61 Å². The summed E-state index contributed by atoms with van der Waals surface area (Å²) in [5.74, 6) is 0.675. The maximum Gasteiger partial charge on any atom is 0.189 e. The molecule has 5 nitrogen and oxygen atoms in total. The van der Waals surface area contributed by atoms with Gasteiger partial charge in [0, 0.05) is 25.4 Å². The van der Waals surface area contributed by atoms with Crippen molar-refractivity contribution in [1.29, 1.82) is 0 Å². The van der Waals surface area contributed by atoms with Gasteiger partial charge in [0.2, 0.25) is 0 Å². The summed E-state index contributed by atoms with van der Waals surface area (Å²) in [5.41, 5.74) is 0.698. The van der Waals surface area contributed by atoms with E-state index < -0.39 is 0 Å². The van der Waals surface area contributed by atoms with Gasteiger partial charge >= 0.3 is 0 Å². The van der Waals surface area contributed by atoms with Crippen LogP contribution in [-0.2, 0) is 11.3 Å². The molecule has 0 bridgehead atoms. The van der Waals surface area contributed by atoms with Gasteiger partial charge in [-0.25, -0.2) is 9.97 Å². The average molecular weight is 229 g/mol. The Balaban J connectivity index is 2.72. The molecule has 2 N–H and O–H groups in total. The maximum atomic E-state index is 9.08. The molecule has 0 fully saturated rings. The van der Waals surface area contributed by atoms with E-state index in [9.17, 15) is 0 Å². The van der Waals surface area contributed by atoms with Crippen LogP contribution < -0.4 is 5.32 Å². The molecular formula is C9H15N3O2S. The number of methoxy groups -OCH3 is 1. The minimum atomic E-state index is -0.0655. The van der Waals surface area contributed by atoms with Crippen molar-refractivity contribution in [1.82, 2.24) is 9.97 Å². The van der Waals surface area contributed by atoms with Crippen molar-refractivity contribution in [2.45, 2.75) is 11.8 Å². The number of aromatic nitrogens is 2. The van der Waals surface area contributed by atoms with Crippen LogP contribution in [0.15, 0.2) is 11.4 Å². The third-order valence-electron chi connectivity index (χ3n) is 1.79. The van der Waals surface area contributed by atoms with Crippen LogP contribution in [0.2, 0.25) is 0 Å². The number of hydrogen-bond donors (Lipinski definition) is 2. The molecule has 15 heavy (non-hydrogen) atoms. The average Bonchev–Trinajstić information content (AvgIpc) is 2.29. The Bertz CT molecular complexity index is 309. The fourth-order valence-corrected chi connectivity index (χ4v) is 1.37. The lowest BCUT2D eigenvalue weighted by atomic mass is 10.3. The molecule has 1 heterocycles. The third kappa shape index (κ3) is 3.65. The number of aliphatic hydroxyl groups is 1. The summed E-state index contributed by atoms with van der Waals surface area (Å²) in [6.07, 6.45) is 3.54. The van der Waals surface area contributed by atoms with Crippen LogP contribution in [-0.4, -0.2) is 41.6 Å². The van der Waals surface area contributed by atoms with Gasteiger partial charge in [0.25, 0.3) is 0 Å². The lowest BCUT2D eigenvalue weighted by Gasteiger charge is -2.09. The fraction of sp³-hybridized carbons (Fsp3) is 0.556. The summed E-state index contributed by atoms with van der Waals surface area (Å²) in [5, 5.41) is 12.9. The Morgan fingerprint density at radius 3 is 3.00 bits per heavy atom. The highest BCUT2D eigenvalue weighted by atomic mass is 32.2. The van der Waals surface area contributed by atoms with Gasteiger partial charge in [-0.2, -0.15) is 0 Å². The molecule has 0 aliphatic rings. The number of thioether (sulfide) groups is 1. The summed E-state index contributed by atoms with van der Waals surface area (Å²) in [7, 11) is 1.64. The van der Waals surface area contributed by atoms with Crippen molar-refractivity contribution in [3.63, 3.8) is 0 Å². The van der Waals surface area contributed by atoms with E-state index in [1.54, 1.807) is 13.3 Å². The predicted octanol–water partition coefficient (Wildman–Crippen LogP) is 0.749. The normalized spacial score (nSPS) is 10.3. The van der Waals surface area contributed by atoms with Crippen LogP contribution in [0.5, 0.6) is 0 Å². The molecule has 0 radical (unpaired) electrons. The molecular weight excluding hydrogens is 214 g/mol. The fourth-order valence-electron chi connectivity index (χ4n) is 1.03. The lowest BCUT2D eigenvalue weighted by molar-refractivity contribution is 0.210. The standard InChI is InChI=1S/C9H15N3O2S/c1-14-4-3-10-8-7(6-13)5-11-9(12-8)15-2/h5,13H,3-4,6H2,1-2H3,(H,10,11,12). The molecule has 6 heteroatoms. The zero-order chi connectivity index (χ0) is 11.1.